The molecule has 1 saturated carbocycles. The van der Waals surface area contributed by atoms with Crippen molar-refractivity contribution in [3.63, 3.8) is 0 Å². The van der Waals surface area contributed by atoms with E-state index in [1.165, 1.54) is 12.8 Å². The summed E-state index contributed by atoms with van der Waals surface area (Å²) in [6.07, 6.45) is 3.37. The number of aliphatic hydroxyl groups is 1. The molecule has 1 rings (SSSR count). The van der Waals surface area contributed by atoms with E-state index in [2.05, 4.69) is 25.5 Å². The highest BCUT2D eigenvalue weighted by molar-refractivity contribution is 5.56. The minimum Gasteiger partial charge on any atom is -0.450 e. The van der Waals surface area contributed by atoms with Gasteiger partial charge in [0.2, 0.25) is 0 Å². The van der Waals surface area contributed by atoms with Crippen LogP contribution in [0.25, 0.3) is 0 Å². The molecule has 0 radical (unpaired) electrons. The van der Waals surface area contributed by atoms with Crippen molar-refractivity contribution in [3.8, 4) is 0 Å². The predicted molar refractivity (Wildman–Crippen MR) is 69.5 cm³/mol. The normalized spacial score (nSPS) is 30.2. The second-order valence-electron chi connectivity index (χ2n) is 6.24. The molecule has 2 N–H and O–H groups in total. The molecule has 4 nitrogen and oxygen atoms in total. The fourth-order valence-corrected chi connectivity index (χ4v) is 3.00. The number of ether oxygens (including phenoxy) is 1. The highest BCUT2D eigenvalue weighted by Crippen LogP contribution is 2.45. The minimum absolute atomic E-state index is 0.107. The average molecular weight is 258 g/mol. The first-order valence-electron chi connectivity index (χ1n) is 6.87. The Labute approximate surface area is 109 Å². The summed E-state index contributed by atoms with van der Waals surface area (Å²) < 4.78 is 4.41. The van der Waals surface area contributed by atoms with Crippen LogP contribution in [0.1, 0.15) is 52.9 Å². The van der Waals surface area contributed by atoms with Gasteiger partial charge in [0.05, 0.1) is 6.10 Å². The molecule has 0 amide bonds. The SMILES string of the molecule is CC(C)C1(C)CCCC(CC(O)COC(=O)O)C1. The van der Waals surface area contributed by atoms with Crippen LogP contribution in [0.2, 0.25) is 0 Å². The molecule has 0 bridgehead atoms. The molecule has 106 valence electrons. The zero-order valence-electron chi connectivity index (χ0n) is 11.7. The predicted octanol–water partition coefficient (Wildman–Crippen LogP) is 3.28. The van der Waals surface area contributed by atoms with Gasteiger partial charge >= 0.3 is 6.16 Å². The molecule has 1 fully saturated rings. The fourth-order valence-electron chi connectivity index (χ4n) is 3.00. The summed E-state index contributed by atoms with van der Waals surface area (Å²) in [5.41, 5.74) is 0.357. The van der Waals surface area contributed by atoms with E-state index in [0.717, 1.165) is 12.8 Å². The van der Waals surface area contributed by atoms with E-state index in [0.29, 0.717) is 23.7 Å². The topological polar surface area (TPSA) is 66.8 Å². The minimum atomic E-state index is -1.32. The third-order valence-electron chi connectivity index (χ3n) is 4.51. The first-order chi connectivity index (χ1) is 8.33. The lowest BCUT2D eigenvalue weighted by Gasteiger charge is -2.42. The molecule has 0 aromatic heterocycles. The molecule has 0 aromatic rings. The molecule has 18 heavy (non-hydrogen) atoms. The van der Waals surface area contributed by atoms with Gasteiger partial charge in [-0.25, -0.2) is 4.79 Å². The first kappa shape index (κ1) is 15.3. The first-order valence-corrected chi connectivity index (χ1v) is 6.87. The van der Waals surface area contributed by atoms with Gasteiger partial charge < -0.3 is 14.9 Å². The molecule has 4 heteroatoms. The molecule has 1 aliphatic rings. The van der Waals surface area contributed by atoms with Crippen LogP contribution in [-0.4, -0.2) is 29.1 Å². The molecule has 3 unspecified atom stereocenters. The summed E-state index contributed by atoms with van der Waals surface area (Å²) in [6.45, 7) is 6.73. The maximum atomic E-state index is 10.3. The monoisotopic (exact) mass is 258 g/mol. The van der Waals surface area contributed by atoms with Crippen molar-refractivity contribution in [2.75, 3.05) is 6.61 Å². The Bertz CT molecular complexity index is 277. The summed E-state index contributed by atoms with van der Waals surface area (Å²) in [4.78, 5) is 10.3. The van der Waals surface area contributed by atoms with E-state index >= 15 is 0 Å². The van der Waals surface area contributed by atoms with Gasteiger partial charge in [0, 0.05) is 0 Å². The van der Waals surface area contributed by atoms with E-state index in [-0.39, 0.29) is 6.61 Å². The molecule has 0 saturated heterocycles. The molecule has 0 aliphatic heterocycles. The number of carboxylic acid groups (broad SMARTS) is 1. The van der Waals surface area contributed by atoms with Gasteiger partial charge in [-0.15, -0.1) is 0 Å². The number of hydrogen-bond donors (Lipinski definition) is 2. The van der Waals surface area contributed by atoms with Crippen LogP contribution in [0.4, 0.5) is 4.79 Å². The third kappa shape index (κ3) is 4.48. The van der Waals surface area contributed by atoms with E-state index in [9.17, 15) is 9.90 Å². The van der Waals surface area contributed by atoms with Crippen molar-refractivity contribution in [1.82, 2.24) is 0 Å². The van der Waals surface area contributed by atoms with Gasteiger partial charge in [0.25, 0.3) is 0 Å². The molecular weight excluding hydrogens is 232 g/mol. The van der Waals surface area contributed by atoms with Crippen molar-refractivity contribution < 1.29 is 19.7 Å². The van der Waals surface area contributed by atoms with E-state index in [4.69, 9.17) is 5.11 Å². The number of carbonyl (C=O) groups is 1. The highest BCUT2D eigenvalue weighted by Gasteiger charge is 2.35. The van der Waals surface area contributed by atoms with Gasteiger partial charge in [-0.2, -0.15) is 0 Å². The summed E-state index contributed by atoms with van der Waals surface area (Å²) in [7, 11) is 0. The zero-order valence-corrected chi connectivity index (χ0v) is 11.7. The van der Waals surface area contributed by atoms with Gasteiger partial charge in [0.15, 0.2) is 0 Å². The van der Waals surface area contributed by atoms with Crippen molar-refractivity contribution in [2.24, 2.45) is 17.3 Å². The maximum absolute atomic E-state index is 10.3. The van der Waals surface area contributed by atoms with Crippen molar-refractivity contribution in [1.29, 1.82) is 0 Å². The lowest BCUT2D eigenvalue weighted by atomic mass is 9.64. The van der Waals surface area contributed by atoms with Gasteiger partial charge in [0.1, 0.15) is 6.61 Å². The Balaban J connectivity index is 2.40. The van der Waals surface area contributed by atoms with Crippen molar-refractivity contribution in [3.05, 3.63) is 0 Å². The Morgan fingerprint density at radius 2 is 2.17 bits per heavy atom. The lowest BCUT2D eigenvalue weighted by molar-refractivity contribution is 0.0150. The molecular formula is C14H26O4. The molecule has 0 aromatic carbocycles. The summed E-state index contributed by atoms with van der Waals surface area (Å²) in [6, 6.07) is 0. The van der Waals surface area contributed by atoms with Gasteiger partial charge in [-0.1, -0.05) is 33.6 Å². The molecule has 0 spiro atoms. The van der Waals surface area contributed by atoms with Crippen molar-refractivity contribution in [2.45, 2.75) is 59.0 Å². The number of aliphatic hydroxyl groups excluding tert-OH is 1. The van der Waals surface area contributed by atoms with E-state index in [1.54, 1.807) is 0 Å². The Morgan fingerprint density at radius 1 is 1.50 bits per heavy atom. The van der Waals surface area contributed by atoms with Crippen LogP contribution < -0.4 is 0 Å². The highest BCUT2D eigenvalue weighted by atomic mass is 16.7. The Morgan fingerprint density at radius 3 is 2.72 bits per heavy atom. The number of hydrogen-bond acceptors (Lipinski definition) is 3. The molecule has 1 aliphatic carbocycles. The van der Waals surface area contributed by atoms with E-state index < -0.39 is 12.3 Å². The number of rotatable bonds is 5. The second-order valence-corrected chi connectivity index (χ2v) is 6.24. The zero-order chi connectivity index (χ0) is 13.8. The van der Waals surface area contributed by atoms with Crippen LogP contribution in [0.3, 0.4) is 0 Å². The quantitative estimate of drug-likeness (QED) is 0.743. The molecule has 0 heterocycles. The van der Waals surface area contributed by atoms with Gasteiger partial charge in [-0.05, 0) is 36.5 Å². The van der Waals surface area contributed by atoms with Crippen LogP contribution in [0, 0.1) is 17.3 Å². The Kier molecular flexibility index (Phi) is 5.45. The second kappa shape index (κ2) is 6.41. The summed E-state index contributed by atoms with van der Waals surface area (Å²) >= 11 is 0. The molecule has 3 atom stereocenters. The Hall–Kier alpha value is -0.770. The standard InChI is InChI=1S/C14H26O4/c1-10(2)14(3)6-4-5-11(8-14)7-12(15)9-18-13(16)17/h10-12,15H,4-9H2,1-3H3,(H,16,17). The van der Waals surface area contributed by atoms with E-state index in [1.807, 2.05) is 0 Å². The summed E-state index contributed by atoms with van der Waals surface area (Å²) in [5.74, 6) is 1.13. The van der Waals surface area contributed by atoms with Crippen LogP contribution in [-0.2, 0) is 4.74 Å². The summed E-state index contributed by atoms with van der Waals surface area (Å²) in [5, 5.41) is 18.2. The lowest BCUT2D eigenvalue weighted by Crippen LogP contribution is -2.33. The average Bonchev–Trinajstić information content (AvgIpc) is 2.26. The van der Waals surface area contributed by atoms with Gasteiger partial charge in [-0.3, -0.25) is 0 Å². The largest absolute Gasteiger partial charge is 0.505 e. The smallest absolute Gasteiger partial charge is 0.450 e. The fraction of sp³-hybridized carbons (Fsp3) is 0.929. The van der Waals surface area contributed by atoms with Crippen LogP contribution in [0.15, 0.2) is 0 Å². The van der Waals surface area contributed by atoms with Crippen molar-refractivity contribution >= 4 is 6.16 Å². The maximum Gasteiger partial charge on any atom is 0.505 e. The van der Waals surface area contributed by atoms with Crippen LogP contribution in [0.5, 0.6) is 0 Å². The van der Waals surface area contributed by atoms with Crippen LogP contribution >= 0.6 is 0 Å². The third-order valence-corrected chi connectivity index (χ3v) is 4.51.